The van der Waals surface area contributed by atoms with E-state index in [4.69, 9.17) is 23.2 Å². The highest BCUT2D eigenvalue weighted by molar-refractivity contribution is 6.32. The summed E-state index contributed by atoms with van der Waals surface area (Å²) in [5.74, 6) is 0. The Morgan fingerprint density at radius 3 is 2.45 bits per heavy atom. The number of aryl methyl sites for hydroxylation is 1. The Morgan fingerprint density at radius 2 is 1.75 bits per heavy atom. The molecule has 1 aromatic heterocycles. The molecule has 0 amide bonds. The summed E-state index contributed by atoms with van der Waals surface area (Å²) in [6, 6.07) is 5.60. The van der Waals surface area contributed by atoms with Gasteiger partial charge in [0.25, 0.3) is 5.56 Å². The maximum absolute atomic E-state index is 12.6. The molecule has 106 valence electrons. The molecule has 1 aliphatic rings. The minimum Gasteiger partial charge on any atom is -0.271 e. The lowest BCUT2D eigenvalue weighted by Crippen LogP contribution is -2.22. The van der Waals surface area contributed by atoms with Crippen LogP contribution in [0.5, 0.6) is 0 Å². The van der Waals surface area contributed by atoms with Crippen LogP contribution in [0.1, 0.15) is 24.8 Å². The monoisotopic (exact) mass is 310 g/mol. The molecule has 0 fully saturated rings. The molecule has 0 radical (unpaired) electrons. The lowest BCUT2D eigenvalue weighted by Gasteiger charge is -2.07. The summed E-state index contributed by atoms with van der Waals surface area (Å²) < 4.78 is 3.69. The zero-order valence-corrected chi connectivity index (χ0v) is 12.8. The van der Waals surface area contributed by atoms with Crippen molar-refractivity contribution in [2.45, 2.75) is 39.3 Å². The molecular formula is C15H16Cl2N2O. The first-order valence-corrected chi connectivity index (χ1v) is 7.61. The van der Waals surface area contributed by atoms with Crippen molar-refractivity contribution in [3.63, 3.8) is 0 Å². The van der Waals surface area contributed by atoms with E-state index in [2.05, 4.69) is 0 Å². The second kappa shape index (κ2) is 5.30. The average molecular weight is 311 g/mol. The molecule has 0 saturated carbocycles. The Labute approximate surface area is 127 Å². The van der Waals surface area contributed by atoms with E-state index in [1.54, 1.807) is 4.68 Å². The van der Waals surface area contributed by atoms with Gasteiger partial charge in [0.05, 0.1) is 5.56 Å². The molecule has 3 nitrogen and oxygen atoms in total. The van der Waals surface area contributed by atoms with Crippen LogP contribution in [0.4, 0.5) is 0 Å². The molecule has 2 aromatic rings. The fourth-order valence-corrected chi connectivity index (χ4v) is 3.23. The average Bonchev–Trinajstić information content (AvgIpc) is 2.62. The van der Waals surface area contributed by atoms with Crippen LogP contribution >= 0.6 is 23.2 Å². The van der Waals surface area contributed by atoms with Gasteiger partial charge < -0.3 is 0 Å². The van der Waals surface area contributed by atoms with E-state index in [-0.39, 0.29) is 5.56 Å². The molecule has 0 N–H and O–H groups in total. The van der Waals surface area contributed by atoms with Gasteiger partial charge in [0, 0.05) is 18.1 Å². The van der Waals surface area contributed by atoms with Gasteiger partial charge in [-0.25, -0.2) is 4.68 Å². The van der Waals surface area contributed by atoms with E-state index in [1.165, 1.54) is 0 Å². The van der Waals surface area contributed by atoms with Gasteiger partial charge in [0.2, 0.25) is 0 Å². The van der Waals surface area contributed by atoms with Crippen LogP contribution in [0.25, 0.3) is 11.1 Å². The molecule has 0 unspecified atom stereocenters. The van der Waals surface area contributed by atoms with Gasteiger partial charge in [-0.05, 0) is 49.4 Å². The van der Waals surface area contributed by atoms with Crippen molar-refractivity contribution in [2.24, 2.45) is 0 Å². The highest BCUT2D eigenvalue weighted by Crippen LogP contribution is 2.29. The Balaban J connectivity index is 2.19. The summed E-state index contributed by atoms with van der Waals surface area (Å²) in [4.78, 5) is 12.6. The molecule has 0 spiro atoms. The van der Waals surface area contributed by atoms with Crippen LogP contribution < -0.4 is 5.56 Å². The van der Waals surface area contributed by atoms with Gasteiger partial charge in [0.1, 0.15) is 5.15 Å². The van der Waals surface area contributed by atoms with E-state index in [9.17, 15) is 4.79 Å². The first-order chi connectivity index (χ1) is 9.59. The van der Waals surface area contributed by atoms with Crippen LogP contribution in [-0.4, -0.2) is 9.36 Å². The molecule has 3 rings (SSSR count). The molecule has 1 aromatic carbocycles. The first-order valence-electron chi connectivity index (χ1n) is 6.85. The molecule has 1 aliphatic heterocycles. The first kappa shape index (κ1) is 13.8. The fourth-order valence-electron chi connectivity index (χ4n) is 2.75. The normalized spacial score (nSPS) is 14.9. The minimum absolute atomic E-state index is 0.00128. The Bertz CT molecular complexity index is 715. The largest absolute Gasteiger partial charge is 0.276 e. The highest BCUT2D eigenvalue weighted by atomic mass is 35.5. The lowest BCUT2D eigenvalue weighted by molar-refractivity contribution is 0.477. The maximum Gasteiger partial charge on any atom is 0.276 e. The second-order valence-electron chi connectivity index (χ2n) is 5.24. The number of benzene rings is 1. The van der Waals surface area contributed by atoms with Crippen LogP contribution in [-0.2, 0) is 13.1 Å². The second-order valence-corrected chi connectivity index (χ2v) is 6.01. The number of fused-ring (bicyclic) bond motifs is 1. The van der Waals surface area contributed by atoms with Crippen molar-refractivity contribution >= 4 is 23.2 Å². The van der Waals surface area contributed by atoms with E-state index < -0.39 is 0 Å². The maximum atomic E-state index is 12.6. The Kier molecular flexibility index (Phi) is 3.65. The van der Waals surface area contributed by atoms with Crippen LogP contribution in [0.15, 0.2) is 23.0 Å². The molecule has 0 atom stereocenters. The van der Waals surface area contributed by atoms with Gasteiger partial charge in [0.15, 0.2) is 0 Å². The summed E-state index contributed by atoms with van der Waals surface area (Å²) in [5.41, 5.74) is 2.38. The predicted octanol–water partition coefficient (Wildman–Crippen LogP) is 4.12. The number of aromatic nitrogens is 2. The molecule has 5 heteroatoms. The number of hydrogen-bond acceptors (Lipinski definition) is 1. The third-order valence-corrected chi connectivity index (χ3v) is 4.67. The highest BCUT2D eigenvalue weighted by Gasteiger charge is 2.21. The van der Waals surface area contributed by atoms with Crippen LogP contribution in [0.3, 0.4) is 0 Å². The SMILES string of the molecule is Cc1cc(-c2c(Cl)n3n(c2=O)CCCCC3)ccc1Cl. The standard InChI is InChI=1S/C15H16Cl2N2O/c1-10-9-11(5-6-12(10)16)13-14(17)18-7-3-2-4-8-19(18)15(13)20/h5-6,9H,2-4,7-8H2,1H3. The lowest BCUT2D eigenvalue weighted by atomic mass is 10.1. The van der Waals surface area contributed by atoms with Crippen molar-refractivity contribution in [3.8, 4) is 11.1 Å². The van der Waals surface area contributed by atoms with Crippen LogP contribution in [0.2, 0.25) is 10.2 Å². The van der Waals surface area contributed by atoms with Gasteiger partial charge in [-0.2, -0.15) is 0 Å². The van der Waals surface area contributed by atoms with Crippen molar-refractivity contribution in [1.82, 2.24) is 9.36 Å². The minimum atomic E-state index is -0.00128. The molecule has 2 heterocycles. The zero-order chi connectivity index (χ0) is 14.3. The number of hydrogen-bond donors (Lipinski definition) is 0. The molecule has 0 saturated heterocycles. The summed E-state index contributed by atoms with van der Waals surface area (Å²) in [7, 11) is 0. The van der Waals surface area contributed by atoms with E-state index >= 15 is 0 Å². The molecule has 0 bridgehead atoms. The van der Waals surface area contributed by atoms with E-state index in [0.717, 1.165) is 43.5 Å². The van der Waals surface area contributed by atoms with Crippen LogP contribution in [0, 0.1) is 6.92 Å². The van der Waals surface area contributed by atoms with Gasteiger partial charge in [-0.3, -0.25) is 9.48 Å². The Morgan fingerprint density at radius 1 is 1.05 bits per heavy atom. The Hall–Kier alpha value is -1.19. The van der Waals surface area contributed by atoms with Gasteiger partial charge in [-0.1, -0.05) is 29.3 Å². The molecule has 20 heavy (non-hydrogen) atoms. The predicted molar refractivity (Wildman–Crippen MR) is 82.7 cm³/mol. The van der Waals surface area contributed by atoms with E-state index in [0.29, 0.717) is 15.7 Å². The zero-order valence-electron chi connectivity index (χ0n) is 11.3. The summed E-state index contributed by atoms with van der Waals surface area (Å²) in [5, 5.41) is 1.24. The van der Waals surface area contributed by atoms with Crippen molar-refractivity contribution in [2.75, 3.05) is 0 Å². The van der Waals surface area contributed by atoms with Gasteiger partial charge >= 0.3 is 0 Å². The number of halogens is 2. The smallest absolute Gasteiger partial charge is 0.271 e. The van der Waals surface area contributed by atoms with Crippen molar-refractivity contribution < 1.29 is 0 Å². The van der Waals surface area contributed by atoms with Crippen molar-refractivity contribution in [3.05, 3.63) is 44.3 Å². The number of rotatable bonds is 1. The third kappa shape index (κ3) is 2.19. The quantitative estimate of drug-likeness (QED) is 0.778. The van der Waals surface area contributed by atoms with E-state index in [1.807, 2.05) is 29.8 Å². The molecular weight excluding hydrogens is 295 g/mol. The third-order valence-electron chi connectivity index (χ3n) is 3.86. The molecule has 0 aliphatic carbocycles. The fraction of sp³-hybridized carbons (Fsp3) is 0.400. The van der Waals surface area contributed by atoms with Crippen molar-refractivity contribution in [1.29, 1.82) is 0 Å². The van der Waals surface area contributed by atoms with Gasteiger partial charge in [-0.15, -0.1) is 0 Å². The topological polar surface area (TPSA) is 26.9 Å². The summed E-state index contributed by atoms with van der Waals surface area (Å²) in [6.45, 7) is 3.48. The summed E-state index contributed by atoms with van der Waals surface area (Å²) in [6.07, 6.45) is 3.23. The number of nitrogens with zero attached hydrogens (tertiary/aromatic N) is 2. The summed E-state index contributed by atoms with van der Waals surface area (Å²) >= 11 is 12.5.